The van der Waals surface area contributed by atoms with Crippen LogP contribution < -0.4 is 15.0 Å². The molecule has 0 radical (unpaired) electrons. The summed E-state index contributed by atoms with van der Waals surface area (Å²) in [5.41, 5.74) is 1.66. The van der Waals surface area contributed by atoms with Gasteiger partial charge in [0.2, 0.25) is 11.8 Å². The Kier molecular flexibility index (Phi) is 6.54. The molecule has 0 spiro atoms. The average molecular weight is 434 g/mol. The summed E-state index contributed by atoms with van der Waals surface area (Å²) in [6.45, 7) is 1.23. The number of hydrogen-bond donors (Lipinski definition) is 1. The number of likely N-dealkylation sites (N-methyl/N-ethyl adjacent to an activating group) is 1. The molecule has 2 heterocycles. The number of amides is 3. The monoisotopic (exact) mass is 433 g/mol. The Morgan fingerprint density at radius 2 is 1.69 bits per heavy atom. The van der Waals surface area contributed by atoms with Crippen LogP contribution in [0.25, 0.3) is 6.08 Å². The summed E-state index contributed by atoms with van der Waals surface area (Å²) < 4.78 is 5.80. The molecule has 32 heavy (non-hydrogen) atoms. The van der Waals surface area contributed by atoms with Gasteiger partial charge >= 0.3 is 0 Å². The highest BCUT2D eigenvalue weighted by Gasteiger charge is 2.37. The maximum atomic E-state index is 13.4. The minimum Gasteiger partial charge on any atom is -0.477 e. The number of hydrogen-bond acceptors (Lipinski definition) is 4. The predicted molar refractivity (Wildman–Crippen MR) is 122 cm³/mol. The van der Waals surface area contributed by atoms with Crippen LogP contribution in [0.15, 0.2) is 60.7 Å². The van der Waals surface area contributed by atoms with Crippen molar-refractivity contribution in [3.63, 3.8) is 0 Å². The summed E-state index contributed by atoms with van der Waals surface area (Å²) in [5, 5.41) is 2.59. The molecular weight excluding hydrogens is 406 g/mol. The molecule has 0 unspecified atom stereocenters. The number of benzene rings is 2. The van der Waals surface area contributed by atoms with Gasteiger partial charge in [-0.2, -0.15) is 0 Å². The zero-order valence-corrected chi connectivity index (χ0v) is 18.1. The highest BCUT2D eigenvalue weighted by atomic mass is 16.5. The largest absolute Gasteiger partial charge is 0.477 e. The molecule has 1 fully saturated rings. The molecule has 2 aromatic rings. The Morgan fingerprint density at radius 3 is 2.41 bits per heavy atom. The maximum Gasteiger partial charge on any atom is 0.262 e. The molecule has 0 aromatic heterocycles. The first-order valence-corrected chi connectivity index (χ1v) is 10.9. The van der Waals surface area contributed by atoms with E-state index in [9.17, 15) is 14.4 Å². The summed E-state index contributed by atoms with van der Waals surface area (Å²) in [5.74, 6) is -0.00587. The second-order valence-electron chi connectivity index (χ2n) is 7.98. The lowest BCUT2D eigenvalue weighted by Crippen LogP contribution is -2.52. The Balaban J connectivity index is 1.40. The molecule has 1 N–H and O–H groups in total. The van der Waals surface area contributed by atoms with Gasteiger partial charge in [0.25, 0.3) is 5.91 Å². The number of piperidine rings is 1. The minimum atomic E-state index is -0.747. The third-order valence-corrected chi connectivity index (χ3v) is 5.95. The van der Waals surface area contributed by atoms with Crippen LogP contribution in [-0.2, 0) is 14.4 Å². The second-order valence-corrected chi connectivity index (χ2v) is 7.98. The zero-order chi connectivity index (χ0) is 22.5. The van der Waals surface area contributed by atoms with Crippen molar-refractivity contribution in [3.8, 4) is 5.75 Å². The third-order valence-electron chi connectivity index (χ3n) is 5.95. The van der Waals surface area contributed by atoms with E-state index in [1.807, 2.05) is 54.6 Å². The van der Waals surface area contributed by atoms with Crippen LogP contribution in [0.2, 0.25) is 0 Å². The number of fused-ring (bicyclic) bond motifs is 1. The van der Waals surface area contributed by atoms with Crippen molar-refractivity contribution in [2.45, 2.75) is 18.9 Å². The molecule has 0 saturated carbocycles. The predicted octanol–water partition coefficient (Wildman–Crippen LogP) is 2.48. The van der Waals surface area contributed by atoms with E-state index in [0.717, 1.165) is 5.56 Å². The number of carbonyl (C=O) groups is 3. The van der Waals surface area contributed by atoms with Gasteiger partial charge in [-0.05, 0) is 36.6 Å². The van der Waals surface area contributed by atoms with Crippen molar-refractivity contribution >= 4 is 29.5 Å². The average Bonchev–Trinajstić information content (AvgIpc) is 2.86. The number of nitrogens with one attached hydrogen (secondary N) is 1. The molecule has 2 aliphatic rings. The van der Waals surface area contributed by atoms with Gasteiger partial charge in [-0.25, -0.2) is 0 Å². The second kappa shape index (κ2) is 9.68. The number of likely N-dealkylation sites (tertiary alicyclic amines) is 1. The van der Waals surface area contributed by atoms with Gasteiger partial charge < -0.3 is 19.9 Å². The smallest absolute Gasteiger partial charge is 0.262 e. The van der Waals surface area contributed by atoms with E-state index in [1.165, 1.54) is 0 Å². The zero-order valence-electron chi connectivity index (χ0n) is 18.1. The van der Waals surface area contributed by atoms with Gasteiger partial charge in [0.05, 0.1) is 12.2 Å². The van der Waals surface area contributed by atoms with E-state index >= 15 is 0 Å². The van der Waals surface area contributed by atoms with Gasteiger partial charge in [0, 0.05) is 32.1 Å². The SMILES string of the molecule is CNC(=O)[C@H]1CN(C(=O)C2CCN(C(=O)/C=C/c3ccccc3)CC2)c2ccccc2O1. The molecule has 2 aromatic carbocycles. The van der Waals surface area contributed by atoms with E-state index in [4.69, 9.17) is 4.74 Å². The number of para-hydroxylation sites is 2. The summed E-state index contributed by atoms with van der Waals surface area (Å²) in [4.78, 5) is 41.6. The van der Waals surface area contributed by atoms with E-state index in [2.05, 4.69) is 5.32 Å². The van der Waals surface area contributed by atoms with Gasteiger partial charge in [-0.15, -0.1) is 0 Å². The van der Waals surface area contributed by atoms with Crippen LogP contribution in [0.4, 0.5) is 5.69 Å². The molecule has 0 aliphatic carbocycles. The van der Waals surface area contributed by atoms with E-state index in [-0.39, 0.29) is 30.2 Å². The van der Waals surface area contributed by atoms with Crippen molar-refractivity contribution in [1.82, 2.24) is 10.2 Å². The Bertz CT molecular complexity index is 1010. The van der Waals surface area contributed by atoms with Gasteiger partial charge in [0.1, 0.15) is 5.75 Å². The first kappa shape index (κ1) is 21.6. The Morgan fingerprint density at radius 1 is 1.00 bits per heavy atom. The number of nitrogens with zero attached hydrogens (tertiary/aromatic N) is 2. The fourth-order valence-electron chi connectivity index (χ4n) is 4.14. The Hall–Kier alpha value is -3.61. The van der Waals surface area contributed by atoms with Crippen LogP contribution in [-0.4, -0.2) is 55.4 Å². The fraction of sp³-hybridized carbons (Fsp3) is 0.320. The molecule has 4 rings (SSSR count). The summed E-state index contributed by atoms with van der Waals surface area (Å²) in [7, 11) is 1.55. The number of carbonyl (C=O) groups excluding carboxylic acids is 3. The first-order valence-electron chi connectivity index (χ1n) is 10.9. The standard InChI is InChI=1S/C25H27N3O4/c1-26-24(30)22-17-28(20-9-5-6-10-21(20)32-22)25(31)19-13-15-27(16-14-19)23(29)12-11-18-7-3-2-4-8-18/h2-12,19,22H,13-17H2,1H3,(H,26,30)/b12-11+/t22-/m1/s1. The lowest BCUT2D eigenvalue weighted by molar-refractivity contribution is -0.132. The maximum absolute atomic E-state index is 13.4. The summed E-state index contributed by atoms with van der Waals surface area (Å²) >= 11 is 0. The van der Waals surface area contributed by atoms with Gasteiger partial charge in [-0.1, -0.05) is 42.5 Å². The summed E-state index contributed by atoms with van der Waals surface area (Å²) in [6.07, 6.45) is 3.83. The van der Waals surface area contributed by atoms with Crippen molar-refractivity contribution in [2.75, 3.05) is 31.6 Å². The number of anilines is 1. The third kappa shape index (κ3) is 4.66. The van der Waals surface area contributed by atoms with Crippen LogP contribution >= 0.6 is 0 Å². The van der Waals surface area contributed by atoms with Crippen LogP contribution in [0.1, 0.15) is 18.4 Å². The van der Waals surface area contributed by atoms with Crippen LogP contribution in [0.5, 0.6) is 5.75 Å². The quantitative estimate of drug-likeness (QED) is 0.752. The molecule has 7 nitrogen and oxygen atoms in total. The molecule has 7 heteroatoms. The van der Waals surface area contributed by atoms with Crippen molar-refractivity contribution < 1.29 is 19.1 Å². The lowest BCUT2D eigenvalue weighted by Gasteiger charge is -2.38. The van der Waals surface area contributed by atoms with Crippen molar-refractivity contribution in [3.05, 3.63) is 66.2 Å². The lowest BCUT2D eigenvalue weighted by atomic mass is 9.94. The van der Waals surface area contributed by atoms with Crippen molar-refractivity contribution in [2.24, 2.45) is 5.92 Å². The van der Waals surface area contributed by atoms with E-state index < -0.39 is 6.10 Å². The van der Waals surface area contributed by atoms with E-state index in [0.29, 0.717) is 37.4 Å². The van der Waals surface area contributed by atoms with E-state index in [1.54, 1.807) is 29.0 Å². The number of ether oxygens (including phenoxy) is 1. The molecule has 1 saturated heterocycles. The normalized spacial score (nSPS) is 18.7. The first-order chi connectivity index (χ1) is 15.6. The van der Waals surface area contributed by atoms with Gasteiger partial charge in [-0.3, -0.25) is 14.4 Å². The minimum absolute atomic E-state index is 0.0263. The Labute approximate surface area is 187 Å². The molecule has 2 aliphatic heterocycles. The molecule has 166 valence electrons. The highest BCUT2D eigenvalue weighted by molar-refractivity contribution is 5.99. The molecule has 0 bridgehead atoms. The summed E-state index contributed by atoms with van der Waals surface area (Å²) in [6, 6.07) is 17.0. The number of rotatable bonds is 4. The molecular formula is C25H27N3O4. The van der Waals surface area contributed by atoms with Gasteiger partial charge in [0.15, 0.2) is 6.10 Å². The van der Waals surface area contributed by atoms with Crippen molar-refractivity contribution in [1.29, 1.82) is 0 Å². The molecule has 3 amide bonds. The topological polar surface area (TPSA) is 79.0 Å². The fourth-order valence-corrected chi connectivity index (χ4v) is 4.14. The highest BCUT2D eigenvalue weighted by Crippen LogP contribution is 2.35. The van der Waals surface area contributed by atoms with Crippen LogP contribution in [0, 0.1) is 5.92 Å². The van der Waals surface area contributed by atoms with Crippen LogP contribution in [0.3, 0.4) is 0 Å². The molecule has 1 atom stereocenters.